The van der Waals surface area contributed by atoms with Gasteiger partial charge in [0.1, 0.15) is 25.2 Å². The summed E-state index contributed by atoms with van der Waals surface area (Å²) in [6.45, 7) is -0.0401. The Labute approximate surface area is 216 Å². The highest BCUT2D eigenvalue weighted by Gasteiger charge is 2.39. The van der Waals surface area contributed by atoms with Gasteiger partial charge in [0.2, 0.25) is 17.8 Å². The van der Waals surface area contributed by atoms with Crippen LogP contribution in [-0.2, 0) is 30.5 Å². The molecule has 38 heavy (non-hydrogen) atoms. The molecule has 3 rings (SSSR count). The SMILES string of the molecule is O=C(CN1C(=O)N[C@@H](CCC(=O)NNC2=NCCN2)C1=O)NCC(NC(=O)OCc1ccccc1)C(=O)O. The summed E-state index contributed by atoms with van der Waals surface area (Å²) in [4.78, 5) is 77.0. The molecule has 16 heteroatoms. The van der Waals surface area contributed by atoms with Crippen molar-refractivity contribution in [2.75, 3.05) is 26.2 Å². The lowest BCUT2D eigenvalue weighted by molar-refractivity contribution is -0.139. The number of alkyl carbamates (subject to hydrolysis) is 1. The molecule has 1 fully saturated rings. The first-order valence-corrected chi connectivity index (χ1v) is 11.6. The predicted molar refractivity (Wildman–Crippen MR) is 129 cm³/mol. The predicted octanol–water partition coefficient (Wildman–Crippen LogP) is -2.24. The third-order valence-corrected chi connectivity index (χ3v) is 5.37. The van der Waals surface area contributed by atoms with Crippen molar-refractivity contribution in [2.24, 2.45) is 4.99 Å². The summed E-state index contributed by atoms with van der Waals surface area (Å²) in [6, 6.07) is 5.38. The van der Waals surface area contributed by atoms with Crippen molar-refractivity contribution in [3.05, 3.63) is 35.9 Å². The number of urea groups is 1. The largest absolute Gasteiger partial charge is 0.480 e. The zero-order valence-electron chi connectivity index (χ0n) is 20.2. The van der Waals surface area contributed by atoms with E-state index in [1.807, 2.05) is 0 Å². The lowest BCUT2D eigenvalue weighted by atomic mass is 10.1. The second kappa shape index (κ2) is 13.4. The van der Waals surface area contributed by atoms with Crippen molar-refractivity contribution in [3.63, 3.8) is 0 Å². The van der Waals surface area contributed by atoms with Crippen LogP contribution in [0.15, 0.2) is 35.3 Å². The number of aliphatic imine (C=N–C) groups is 1. The first-order valence-electron chi connectivity index (χ1n) is 11.6. The van der Waals surface area contributed by atoms with E-state index in [0.717, 1.165) is 0 Å². The molecule has 1 aromatic carbocycles. The molecule has 204 valence electrons. The molecule has 1 aromatic rings. The van der Waals surface area contributed by atoms with Crippen LogP contribution in [0.3, 0.4) is 0 Å². The Morgan fingerprint density at radius 1 is 1.16 bits per heavy atom. The normalized spacial score (nSPS) is 17.0. The number of carbonyl (C=O) groups is 6. The van der Waals surface area contributed by atoms with Crippen LogP contribution in [0.25, 0.3) is 0 Å². The molecular formula is C22H28N8O8. The van der Waals surface area contributed by atoms with E-state index in [1.165, 1.54) is 0 Å². The Morgan fingerprint density at radius 3 is 2.61 bits per heavy atom. The third kappa shape index (κ3) is 8.35. The standard InChI is InChI=1S/C22H28N8O8/c31-16(28-29-20-23-8-9-24-20)7-6-14-18(33)30(21(36)26-14)11-17(32)25-10-15(19(34)35)27-22(37)38-12-13-4-2-1-3-5-13/h1-5,14-15H,6-12H2,(H,25,32)(H,26,36)(H,27,37)(H,28,31)(H,34,35)(H2,23,24,29)/t14-,15?/m0/s1. The number of carboxylic acids is 1. The monoisotopic (exact) mass is 532 g/mol. The van der Waals surface area contributed by atoms with Crippen LogP contribution >= 0.6 is 0 Å². The molecule has 0 spiro atoms. The van der Waals surface area contributed by atoms with E-state index >= 15 is 0 Å². The average Bonchev–Trinajstić information content (AvgIpc) is 3.51. The van der Waals surface area contributed by atoms with E-state index in [1.54, 1.807) is 30.3 Å². The second-order valence-electron chi connectivity index (χ2n) is 8.20. The van der Waals surface area contributed by atoms with Crippen molar-refractivity contribution in [1.82, 2.24) is 37.0 Å². The number of carboxylic acid groups (broad SMARTS) is 1. The molecule has 2 aliphatic heterocycles. The maximum Gasteiger partial charge on any atom is 0.408 e. The van der Waals surface area contributed by atoms with Gasteiger partial charge >= 0.3 is 18.1 Å². The van der Waals surface area contributed by atoms with Crippen molar-refractivity contribution in [2.45, 2.75) is 31.5 Å². The number of nitrogens with zero attached hydrogens (tertiary/aromatic N) is 2. The van der Waals surface area contributed by atoms with Crippen LogP contribution in [0.2, 0.25) is 0 Å². The maximum absolute atomic E-state index is 12.5. The van der Waals surface area contributed by atoms with Crippen LogP contribution in [0.1, 0.15) is 18.4 Å². The highest BCUT2D eigenvalue weighted by Crippen LogP contribution is 2.11. The van der Waals surface area contributed by atoms with Gasteiger partial charge < -0.3 is 31.1 Å². The molecule has 2 atom stereocenters. The van der Waals surface area contributed by atoms with Gasteiger partial charge in [-0.05, 0) is 12.0 Å². The summed E-state index contributed by atoms with van der Waals surface area (Å²) in [5.41, 5.74) is 5.71. The lowest BCUT2D eigenvalue weighted by Crippen LogP contribution is -2.50. The molecule has 1 unspecified atom stereocenters. The fourth-order valence-electron chi connectivity index (χ4n) is 3.39. The van der Waals surface area contributed by atoms with Crippen molar-refractivity contribution in [3.8, 4) is 0 Å². The third-order valence-electron chi connectivity index (χ3n) is 5.37. The molecule has 7 N–H and O–H groups in total. The highest BCUT2D eigenvalue weighted by molar-refractivity contribution is 6.06. The van der Waals surface area contributed by atoms with Gasteiger partial charge in [-0.15, -0.1) is 0 Å². The summed E-state index contributed by atoms with van der Waals surface area (Å²) in [7, 11) is 0. The van der Waals surface area contributed by atoms with E-state index in [4.69, 9.17) is 4.74 Å². The van der Waals surface area contributed by atoms with Gasteiger partial charge in [0, 0.05) is 19.5 Å². The number of guanidine groups is 1. The van der Waals surface area contributed by atoms with Crippen LogP contribution in [0.5, 0.6) is 0 Å². The molecule has 0 radical (unpaired) electrons. The van der Waals surface area contributed by atoms with Gasteiger partial charge in [-0.25, -0.2) is 14.4 Å². The van der Waals surface area contributed by atoms with Gasteiger partial charge in [-0.1, -0.05) is 30.3 Å². The minimum atomic E-state index is -1.52. The molecule has 0 aliphatic carbocycles. The highest BCUT2D eigenvalue weighted by atomic mass is 16.5. The topological polar surface area (TPSA) is 220 Å². The number of ether oxygens (including phenoxy) is 1. The number of benzene rings is 1. The van der Waals surface area contributed by atoms with E-state index < -0.39 is 61.0 Å². The van der Waals surface area contributed by atoms with Crippen LogP contribution in [0, 0.1) is 0 Å². The number of amides is 6. The molecule has 0 aromatic heterocycles. The van der Waals surface area contributed by atoms with Crippen LogP contribution in [0.4, 0.5) is 9.59 Å². The van der Waals surface area contributed by atoms with Gasteiger partial charge in [-0.2, -0.15) is 0 Å². The van der Waals surface area contributed by atoms with E-state index in [9.17, 15) is 33.9 Å². The Bertz CT molecular complexity index is 1100. The fourth-order valence-corrected chi connectivity index (χ4v) is 3.39. The summed E-state index contributed by atoms with van der Waals surface area (Å²) < 4.78 is 4.97. The van der Waals surface area contributed by atoms with Crippen molar-refractivity contribution >= 4 is 41.8 Å². The Hall–Kier alpha value is -4.89. The van der Waals surface area contributed by atoms with Gasteiger partial charge in [0.05, 0.1) is 6.54 Å². The number of aliphatic carboxylic acids is 1. The molecular weight excluding hydrogens is 504 g/mol. The minimum absolute atomic E-state index is 0.00773. The van der Waals surface area contributed by atoms with Gasteiger partial charge in [-0.3, -0.25) is 35.1 Å². The number of rotatable bonds is 11. The average molecular weight is 533 g/mol. The molecule has 0 saturated carbocycles. The first kappa shape index (κ1) is 27.7. The quantitative estimate of drug-likeness (QED) is 0.120. The molecule has 1 saturated heterocycles. The molecule has 0 bridgehead atoms. The van der Waals surface area contributed by atoms with Gasteiger partial charge in [0.15, 0.2) is 0 Å². The summed E-state index contributed by atoms with van der Waals surface area (Å²) >= 11 is 0. The maximum atomic E-state index is 12.5. The Balaban J connectivity index is 1.39. The van der Waals surface area contributed by atoms with E-state index in [-0.39, 0.29) is 19.4 Å². The van der Waals surface area contributed by atoms with Crippen LogP contribution in [-0.4, -0.2) is 90.0 Å². The number of carbonyl (C=O) groups excluding carboxylic acids is 5. The number of imide groups is 1. The van der Waals surface area contributed by atoms with Crippen molar-refractivity contribution < 1.29 is 38.6 Å². The molecule has 6 amide bonds. The number of hydrazine groups is 1. The molecule has 16 nitrogen and oxygen atoms in total. The summed E-state index contributed by atoms with van der Waals surface area (Å²) in [5, 5.41) is 19.0. The first-order chi connectivity index (χ1) is 18.2. The van der Waals surface area contributed by atoms with E-state index in [2.05, 4.69) is 37.1 Å². The second-order valence-corrected chi connectivity index (χ2v) is 8.20. The molecule has 2 heterocycles. The number of nitrogens with one attached hydrogen (secondary N) is 6. The minimum Gasteiger partial charge on any atom is -0.480 e. The Kier molecular flexibility index (Phi) is 9.79. The molecule has 2 aliphatic rings. The van der Waals surface area contributed by atoms with Crippen LogP contribution < -0.4 is 32.1 Å². The number of hydrogen-bond acceptors (Lipinski definition) is 10. The lowest BCUT2D eigenvalue weighted by Gasteiger charge is -2.17. The smallest absolute Gasteiger partial charge is 0.408 e. The summed E-state index contributed by atoms with van der Waals surface area (Å²) in [6.07, 6.45) is -1.10. The van der Waals surface area contributed by atoms with Gasteiger partial charge in [0.25, 0.3) is 5.91 Å². The van der Waals surface area contributed by atoms with Crippen molar-refractivity contribution in [1.29, 1.82) is 0 Å². The zero-order chi connectivity index (χ0) is 27.5. The number of hydrogen-bond donors (Lipinski definition) is 7. The Morgan fingerprint density at radius 2 is 1.92 bits per heavy atom. The zero-order valence-corrected chi connectivity index (χ0v) is 20.2. The summed E-state index contributed by atoms with van der Waals surface area (Å²) in [5.74, 6) is -2.98. The fraction of sp³-hybridized carbons (Fsp3) is 0.409. The van der Waals surface area contributed by atoms with E-state index in [0.29, 0.717) is 29.5 Å².